The van der Waals surface area contributed by atoms with Crippen LogP contribution in [0.25, 0.3) is 22.8 Å². The zero-order chi connectivity index (χ0) is 22.7. The largest absolute Gasteiger partial charge is 0.366 e. The van der Waals surface area contributed by atoms with Gasteiger partial charge in [0.15, 0.2) is 11.6 Å². The molecule has 4 rings (SSSR count). The van der Waals surface area contributed by atoms with E-state index < -0.39 is 11.8 Å². The van der Waals surface area contributed by atoms with Crippen LogP contribution in [0.3, 0.4) is 0 Å². The summed E-state index contributed by atoms with van der Waals surface area (Å²) >= 11 is 0. The summed E-state index contributed by atoms with van der Waals surface area (Å²) in [7, 11) is 0. The summed E-state index contributed by atoms with van der Waals surface area (Å²) in [4.78, 5) is 29.9. The van der Waals surface area contributed by atoms with Gasteiger partial charge in [-0.3, -0.25) is 9.59 Å². The third-order valence-corrected chi connectivity index (χ3v) is 4.75. The zero-order valence-electron chi connectivity index (χ0n) is 17.4. The van der Waals surface area contributed by atoms with Crippen molar-refractivity contribution in [3.8, 4) is 22.8 Å². The number of nitrogens with one attached hydrogen (secondary N) is 1. The van der Waals surface area contributed by atoms with Gasteiger partial charge in [0, 0.05) is 28.9 Å². The predicted octanol–water partition coefficient (Wildman–Crippen LogP) is 2.73. The van der Waals surface area contributed by atoms with Gasteiger partial charge in [-0.15, -0.1) is 15.3 Å². The van der Waals surface area contributed by atoms with Crippen molar-refractivity contribution >= 4 is 17.6 Å². The van der Waals surface area contributed by atoms with E-state index >= 15 is 0 Å². The lowest BCUT2D eigenvalue weighted by Crippen LogP contribution is -2.19. The molecular formula is C22H20N8O2. The lowest BCUT2D eigenvalue weighted by Gasteiger charge is -2.14. The fourth-order valence-electron chi connectivity index (χ4n) is 3.28. The Labute approximate surface area is 183 Å². The molecule has 4 aromatic rings. The van der Waals surface area contributed by atoms with Crippen LogP contribution in [0.2, 0.25) is 0 Å². The Morgan fingerprint density at radius 2 is 1.69 bits per heavy atom. The maximum absolute atomic E-state index is 13.1. The summed E-state index contributed by atoms with van der Waals surface area (Å²) in [5, 5.41) is 18.5. The van der Waals surface area contributed by atoms with Crippen molar-refractivity contribution in [1.29, 1.82) is 0 Å². The Bertz CT molecular complexity index is 1280. The summed E-state index contributed by atoms with van der Waals surface area (Å²) in [5.74, 6) is -0.295. The van der Waals surface area contributed by atoms with Crippen molar-refractivity contribution in [2.75, 3.05) is 5.32 Å². The van der Waals surface area contributed by atoms with Crippen LogP contribution in [0, 0.1) is 0 Å². The Morgan fingerprint density at radius 1 is 0.938 bits per heavy atom. The molecule has 0 radical (unpaired) electrons. The van der Waals surface area contributed by atoms with Gasteiger partial charge in [0.05, 0.1) is 5.69 Å². The SMILES string of the molecule is CC(C)n1cnnc1-c1cccc(-c2c(C(N)=O)cccc2C(=O)Nc2cccnn2)n1. The molecule has 0 spiro atoms. The molecule has 3 aromatic heterocycles. The fourth-order valence-corrected chi connectivity index (χ4v) is 3.28. The smallest absolute Gasteiger partial charge is 0.257 e. The standard InChI is InChI=1S/C22H20N8O2/c1-13(2)30-12-25-29-21(30)17-9-4-8-16(26-17)19-14(20(23)31)6-3-7-15(19)22(32)27-18-10-5-11-24-28-18/h3-13H,1-2H3,(H2,23,31)(H,27,28,32). The van der Waals surface area contributed by atoms with Crippen molar-refractivity contribution in [2.45, 2.75) is 19.9 Å². The highest BCUT2D eigenvalue weighted by Crippen LogP contribution is 2.29. The molecular weight excluding hydrogens is 408 g/mol. The lowest BCUT2D eigenvalue weighted by atomic mass is 9.96. The molecule has 0 atom stereocenters. The molecule has 1 aromatic carbocycles. The highest BCUT2D eigenvalue weighted by molar-refractivity contribution is 6.12. The number of nitrogens with zero attached hydrogens (tertiary/aromatic N) is 6. The quantitative estimate of drug-likeness (QED) is 0.481. The van der Waals surface area contributed by atoms with E-state index in [9.17, 15) is 9.59 Å². The zero-order valence-corrected chi connectivity index (χ0v) is 17.4. The molecule has 0 fully saturated rings. The summed E-state index contributed by atoms with van der Waals surface area (Å²) in [6, 6.07) is 13.4. The van der Waals surface area contributed by atoms with Crippen LogP contribution in [-0.2, 0) is 0 Å². The molecule has 32 heavy (non-hydrogen) atoms. The molecule has 0 unspecified atom stereocenters. The van der Waals surface area contributed by atoms with Gasteiger partial charge in [0.1, 0.15) is 12.0 Å². The number of aromatic nitrogens is 6. The fraction of sp³-hybridized carbons (Fsp3) is 0.136. The van der Waals surface area contributed by atoms with Gasteiger partial charge in [0.25, 0.3) is 5.91 Å². The Kier molecular flexibility index (Phi) is 5.67. The molecule has 0 saturated heterocycles. The highest BCUT2D eigenvalue weighted by atomic mass is 16.2. The van der Waals surface area contributed by atoms with E-state index in [1.54, 1.807) is 54.9 Å². The number of carbonyl (C=O) groups is 2. The minimum atomic E-state index is -0.674. The molecule has 2 amide bonds. The minimum Gasteiger partial charge on any atom is -0.366 e. The Morgan fingerprint density at radius 3 is 2.41 bits per heavy atom. The van der Waals surface area contributed by atoms with Crippen molar-refractivity contribution in [1.82, 2.24) is 29.9 Å². The summed E-state index contributed by atoms with van der Waals surface area (Å²) in [6.07, 6.45) is 3.13. The summed E-state index contributed by atoms with van der Waals surface area (Å²) in [5.41, 5.74) is 7.29. The number of hydrogen-bond acceptors (Lipinski definition) is 7. The van der Waals surface area contributed by atoms with Gasteiger partial charge >= 0.3 is 0 Å². The Hall–Kier alpha value is -4.47. The molecule has 0 aliphatic carbocycles. The maximum Gasteiger partial charge on any atom is 0.257 e. The first-order chi connectivity index (χ1) is 15.5. The van der Waals surface area contributed by atoms with Crippen LogP contribution in [0.4, 0.5) is 5.82 Å². The topological polar surface area (TPSA) is 142 Å². The first-order valence-electron chi connectivity index (χ1n) is 9.85. The van der Waals surface area contributed by atoms with Crippen LogP contribution in [0.15, 0.2) is 61.1 Å². The minimum absolute atomic E-state index is 0.122. The first-order valence-corrected chi connectivity index (χ1v) is 9.85. The van der Waals surface area contributed by atoms with E-state index in [-0.39, 0.29) is 23.0 Å². The number of carbonyl (C=O) groups excluding carboxylic acids is 2. The molecule has 3 N–H and O–H groups in total. The lowest BCUT2D eigenvalue weighted by molar-refractivity contribution is 0.100. The van der Waals surface area contributed by atoms with Gasteiger partial charge in [-0.1, -0.05) is 12.1 Å². The number of anilines is 1. The van der Waals surface area contributed by atoms with Crippen LogP contribution < -0.4 is 11.1 Å². The molecule has 0 aliphatic rings. The third kappa shape index (κ3) is 4.06. The van der Waals surface area contributed by atoms with Gasteiger partial charge < -0.3 is 15.6 Å². The molecule has 160 valence electrons. The van der Waals surface area contributed by atoms with Crippen LogP contribution in [0.1, 0.15) is 40.6 Å². The van der Waals surface area contributed by atoms with E-state index in [2.05, 4.69) is 30.7 Å². The number of primary amides is 1. The number of nitrogens with two attached hydrogens (primary N) is 1. The van der Waals surface area contributed by atoms with Gasteiger partial charge in [-0.05, 0) is 50.2 Å². The number of pyridine rings is 1. The van der Waals surface area contributed by atoms with Gasteiger partial charge in [-0.25, -0.2) is 4.98 Å². The molecule has 0 saturated carbocycles. The monoisotopic (exact) mass is 428 g/mol. The number of hydrogen-bond donors (Lipinski definition) is 2. The summed E-state index contributed by atoms with van der Waals surface area (Å²) < 4.78 is 1.88. The van der Waals surface area contributed by atoms with Crippen LogP contribution in [-0.4, -0.2) is 41.8 Å². The van der Waals surface area contributed by atoms with Crippen molar-refractivity contribution in [3.05, 3.63) is 72.2 Å². The second-order valence-electron chi connectivity index (χ2n) is 7.22. The molecule has 3 heterocycles. The van der Waals surface area contributed by atoms with Gasteiger partial charge in [0.2, 0.25) is 5.91 Å². The van der Waals surface area contributed by atoms with E-state index in [0.717, 1.165) is 0 Å². The van der Waals surface area contributed by atoms with Crippen molar-refractivity contribution < 1.29 is 9.59 Å². The van der Waals surface area contributed by atoms with Crippen molar-refractivity contribution in [2.24, 2.45) is 5.73 Å². The average Bonchev–Trinajstić information content (AvgIpc) is 3.30. The molecule has 10 nitrogen and oxygen atoms in total. The molecule has 0 bridgehead atoms. The first kappa shape index (κ1) is 20.8. The second kappa shape index (κ2) is 8.72. The number of benzene rings is 1. The Balaban J connectivity index is 1.83. The van der Waals surface area contributed by atoms with E-state index in [4.69, 9.17) is 5.73 Å². The van der Waals surface area contributed by atoms with E-state index in [1.807, 2.05) is 18.4 Å². The van der Waals surface area contributed by atoms with E-state index in [1.165, 1.54) is 6.20 Å². The average molecular weight is 428 g/mol. The number of amides is 2. The second-order valence-corrected chi connectivity index (χ2v) is 7.22. The van der Waals surface area contributed by atoms with E-state index in [0.29, 0.717) is 22.8 Å². The maximum atomic E-state index is 13.1. The van der Waals surface area contributed by atoms with Crippen LogP contribution >= 0.6 is 0 Å². The molecule has 10 heteroatoms. The number of rotatable bonds is 6. The molecule has 0 aliphatic heterocycles. The van der Waals surface area contributed by atoms with Crippen molar-refractivity contribution in [3.63, 3.8) is 0 Å². The predicted molar refractivity (Wildman–Crippen MR) is 118 cm³/mol. The van der Waals surface area contributed by atoms with Crippen LogP contribution in [0.5, 0.6) is 0 Å². The third-order valence-electron chi connectivity index (χ3n) is 4.75. The van der Waals surface area contributed by atoms with Gasteiger partial charge in [-0.2, -0.15) is 5.10 Å². The normalized spacial score (nSPS) is 10.8. The highest BCUT2D eigenvalue weighted by Gasteiger charge is 2.22. The summed E-state index contributed by atoms with van der Waals surface area (Å²) in [6.45, 7) is 4.02.